The van der Waals surface area contributed by atoms with E-state index in [2.05, 4.69) is 16.0 Å². The van der Waals surface area contributed by atoms with Crippen molar-refractivity contribution in [3.63, 3.8) is 0 Å². The number of amidine groups is 1. The van der Waals surface area contributed by atoms with Crippen LogP contribution in [0.25, 0.3) is 0 Å². The number of guanidine groups is 1. The van der Waals surface area contributed by atoms with E-state index in [9.17, 15) is 37.5 Å². The number of carboxylic acid groups (broad SMARTS) is 2. The third-order valence-electron chi connectivity index (χ3n) is 6.89. The smallest absolute Gasteiger partial charge is 0.481 e. The Bertz CT molecular complexity index is 1460. The SMILES string of the molecule is C[C@@](Cc1ccc(C(=N)N)cc1)(C(=O)NC(CCC(=O)O)C(=O)NC(CCCNC(=N)N)C(N)=O)c1ccccc1.O=C(O)C(F)(F)F. The standard InChI is InChI=1S/C28H38N8O5.C2HF3O2/c1-28(19-6-3-2-4-7-19,16-17-9-11-18(12-10-17)23(29)30)26(41)36-21(13-14-22(37)38)25(40)35-20(24(31)39)8-5-15-34-27(32)33;3-2(4,5)1(6)7/h2-4,6-7,9-12,20-21H,5,8,13-16H2,1H3,(H3,29,30)(H2,31,39)(H,35,40)(H,36,41)(H,37,38)(H4,32,33,34);(H,6,7)/t20?,21?,28-;/m0./s1. The van der Waals surface area contributed by atoms with Crippen LogP contribution >= 0.6 is 0 Å². The number of nitrogens with two attached hydrogens (primary N) is 3. The maximum Gasteiger partial charge on any atom is 0.490 e. The van der Waals surface area contributed by atoms with Crippen molar-refractivity contribution in [1.29, 1.82) is 10.8 Å². The van der Waals surface area contributed by atoms with E-state index in [0.717, 1.165) is 5.56 Å². The molecule has 0 aliphatic rings. The largest absolute Gasteiger partial charge is 0.490 e. The molecule has 0 fully saturated rings. The molecule has 0 saturated heterocycles. The number of carbonyl (C=O) groups excluding carboxylic acids is 3. The molecule has 15 nitrogen and oxygen atoms in total. The predicted octanol–water partition coefficient (Wildman–Crippen LogP) is 0.687. The van der Waals surface area contributed by atoms with Gasteiger partial charge in [0.1, 0.15) is 17.9 Å². The first-order chi connectivity index (χ1) is 22.3. The van der Waals surface area contributed by atoms with Crippen molar-refractivity contribution < 1.29 is 47.4 Å². The van der Waals surface area contributed by atoms with Crippen LogP contribution in [0.1, 0.15) is 49.3 Å². The second-order valence-electron chi connectivity index (χ2n) is 10.7. The summed E-state index contributed by atoms with van der Waals surface area (Å²) in [6.45, 7) is 1.99. The number of hydrogen-bond donors (Lipinski definition) is 10. The molecule has 2 unspecified atom stereocenters. The van der Waals surface area contributed by atoms with Crippen LogP contribution in [-0.4, -0.2) is 76.5 Å². The number of amides is 3. The van der Waals surface area contributed by atoms with Gasteiger partial charge in [-0.25, -0.2) is 4.79 Å². The highest BCUT2D eigenvalue weighted by molar-refractivity contribution is 5.96. The zero-order valence-corrected chi connectivity index (χ0v) is 25.9. The number of hydrogen-bond acceptors (Lipinski definition) is 7. The minimum atomic E-state index is -5.08. The van der Waals surface area contributed by atoms with Gasteiger partial charge in [0.15, 0.2) is 5.96 Å². The van der Waals surface area contributed by atoms with Gasteiger partial charge in [-0.1, -0.05) is 54.6 Å². The van der Waals surface area contributed by atoms with E-state index < -0.39 is 59.8 Å². The Labute approximate surface area is 273 Å². The van der Waals surface area contributed by atoms with Crippen LogP contribution in [0.4, 0.5) is 13.2 Å². The average Bonchev–Trinajstić information content (AvgIpc) is 3.00. The molecule has 0 aliphatic heterocycles. The summed E-state index contributed by atoms with van der Waals surface area (Å²) in [7, 11) is 0. The third-order valence-corrected chi connectivity index (χ3v) is 6.89. The van der Waals surface area contributed by atoms with Gasteiger partial charge >= 0.3 is 18.1 Å². The molecule has 0 heterocycles. The molecule has 0 spiro atoms. The number of primary amides is 1. The van der Waals surface area contributed by atoms with Gasteiger partial charge in [-0.2, -0.15) is 13.2 Å². The van der Waals surface area contributed by atoms with Crippen LogP contribution in [0, 0.1) is 10.8 Å². The lowest BCUT2D eigenvalue weighted by molar-refractivity contribution is -0.192. The van der Waals surface area contributed by atoms with Gasteiger partial charge in [-0.05, 0) is 43.7 Å². The van der Waals surface area contributed by atoms with Gasteiger partial charge in [0.05, 0.1) is 5.41 Å². The van der Waals surface area contributed by atoms with Crippen LogP contribution in [0.5, 0.6) is 0 Å². The Morgan fingerprint density at radius 3 is 1.88 bits per heavy atom. The lowest BCUT2D eigenvalue weighted by Gasteiger charge is -2.31. The van der Waals surface area contributed by atoms with Crippen molar-refractivity contribution in [1.82, 2.24) is 16.0 Å². The number of rotatable bonds is 16. The van der Waals surface area contributed by atoms with E-state index in [1.165, 1.54) is 0 Å². The molecule has 3 amide bonds. The summed E-state index contributed by atoms with van der Waals surface area (Å²) in [5.41, 5.74) is 17.1. The second-order valence-corrected chi connectivity index (χ2v) is 10.7. The number of benzene rings is 2. The summed E-state index contributed by atoms with van der Waals surface area (Å²) >= 11 is 0. The van der Waals surface area contributed by atoms with Crippen molar-refractivity contribution in [2.45, 2.75) is 62.7 Å². The molecule has 262 valence electrons. The summed E-state index contributed by atoms with van der Waals surface area (Å²) in [5.74, 6) is -6.31. The Morgan fingerprint density at radius 1 is 0.854 bits per heavy atom. The Morgan fingerprint density at radius 2 is 1.42 bits per heavy atom. The molecule has 0 aliphatic carbocycles. The number of alkyl halides is 3. The highest BCUT2D eigenvalue weighted by Crippen LogP contribution is 2.29. The van der Waals surface area contributed by atoms with E-state index in [4.69, 9.17) is 37.9 Å². The monoisotopic (exact) mass is 680 g/mol. The van der Waals surface area contributed by atoms with Crippen molar-refractivity contribution >= 4 is 41.5 Å². The lowest BCUT2D eigenvalue weighted by Crippen LogP contribution is -2.56. The van der Waals surface area contributed by atoms with Gasteiger partial charge in [-0.15, -0.1) is 0 Å². The number of carboxylic acids is 2. The normalized spacial score (nSPS) is 13.2. The van der Waals surface area contributed by atoms with E-state index >= 15 is 0 Å². The molecule has 0 saturated carbocycles. The number of carbonyl (C=O) groups is 5. The number of nitrogen functional groups attached to an aromatic ring is 1. The molecule has 13 N–H and O–H groups in total. The van der Waals surface area contributed by atoms with E-state index in [1.54, 1.807) is 55.5 Å². The number of nitrogens with one attached hydrogen (secondary N) is 5. The van der Waals surface area contributed by atoms with Crippen LogP contribution in [0.2, 0.25) is 0 Å². The van der Waals surface area contributed by atoms with Crippen LogP contribution in [0.15, 0.2) is 54.6 Å². The molecular formula is C30H39F3N8O7. The summed E-state index contributed by atoms with van der Waals surface area (Å²) in [5, 5.41) is 39.0. The predicted molar refractivity (Wildman–Crippen MR) is 168 cm³/mol. The second kappa shape index (κ2) is 18.5. The molecule has 0 radical (unpaired) electrons. The minimum Gasteiger partial charge on any atom is -0.481 e. The quantitative estimate of drug-likeness (QED) is 0.0672. The molecule has 2 rings (SSSR count). The molecule has 2 aromatic carbocycles. The first-order valence-electron chi connectivity index (χ1n) is 14.3. The lowest BCUT2D eigenvalue weighted by atomic mass is 9.76. The van der Waals surface area contributed by atoms with E-state index in [1.807, 2.05) is 6.07 Å². The van der Waals surface area contributed by atoms with E-state index in [-0.39, 0.29) is 37.6 Å². The summed E-state index contributed by atoms with van der Waals surface area (Å²) in [6.07, 6.45) is -4.99. The fourth-order valence-corrected chi connectivity index (χ4v) is 4.27. The maximum atomic E-state index is 13.9. The van der Waals surface area contributed by atoms with Crippen LogP contribution < -0.4 is 33.2 Å². The maximum absolute atomic E-state index is 13.9. The number of halogens is 3. The van der Waals surface area contributed by atoms with Crippen molar-refractivity contribution in [3.05, 3.63) is 71.3 Å². The summed E-state index contributed by atoms with van der Waals surface area (Å²) < 4.78 is 31.7. The fourth-order valence-electron chi connectivity index (χ4n) is 4.27. The van der Waals surface area contributed by atoms with Crippen molar-refractivity contribution in [2.75, 3.05) is 6.54 Å². The van der Waals surface area contributed by atoms with Crippen molar-refractivity contribution in [3.8, 4) is 0 Å². The van der Waals surface area contributed by atoms with Gasteiger partial charge in [0.25, 0.3) is 0 Å². The van der Waals surface area contributed by atoms with Crippen molar-refractivity contribution in [2.24, 2.45) is 17.2 Å². The first-order valence-corrected chi connectivity index (χ1v) is 14.3. The number of aliphatic carboxylic acids is 2. The molecule has 48 heavy (non-hydrogen) atoms. The molecule has 3 atom stereocenters. The minimum absolute atomic E-state index is 0.0863. The Kier molecular flexibility index (Phi) is 15.5. The Balaban J connectivity index is 0.00000148. The fraction of sp³-hybridized carbons (Fsp3) is 0.367. The topological polar surface area (TPSA) is 288 Å². The van der Waals surface area contributed by atoms with Gasteiger partial charge in [0.2, 0.25) is 17.7 Å². The van der Waals surface area contributed by atoms with Gasteiger partial charge in [0, 0.05) is 18.5 Å². The Hall–Kier alpha value is -5.68. The molecule has 2 aromatic rings. The summed E-state index contributed by atoms with van der Waals surface area (Å²) in [6, 6.07) is 13.5. The highest BCUT2D eigenvalue weighted by atomic mass is 19.4. The first kappa shape index (κ1) is 40.3. The average molecular weight is 681 g/mol. The molecule has 0 bridgehead atoms. The summed E-state index contributed by atoms with van der Waals surface area (Å²) in [4.78, 5) is 59.3. The van der Waals surface area contributed by atoms with Crippen LogP contribution in [0.3, 0.4) is 0 Å². The molecular weight excluding hydrogens is 641 g/mol. The van der Waals surface area contributed by atoms with E-state index in [0.29, 0.717) is 17.5 Å². The molecule has 18 heteroatoms. The zero-order valence-electron chi connectivity index (χ0n) is 25.9. The highest BCUT2D eigenvalue weighted by Gasteiger charge is 2.39. The van der Waals surface area contributed by atoms with Crippen LogP contribution in [-0.2, 0) is 35.8 Å². The van der Waals surface area contributed by atoms with Gasteiger partial charge < -0.3 is 43.4 Å². The zero-order chi connectivity index (χ0) is 36.7. The molecule has 0 aromatic heterocycles. The third kappa shape index (κ3) is 13.8. The van der Waals surface area contributed by atoms with Gasteiger partial charge in [-0.3, -0.25) is 30.0 Å².